The Labute approximate surface area is 128 Å². The topological polar surface area (TPSA) is 63.3 Å². The van der Waals surface area contributed by atoms with Crippen molar-refractivity contribution in [1.82, 2.24) is 0 Å². The van der Waals surface area contributed by atoms with Gasteiger partial charge in [-0.2, -0.15) is 0 Å². The van der Waals surface area contributed by atoms with Crippen LogP contribution in [0.2, 0.25) is 0 Å². The fraction of sp³-hybridized carbons (Fsp3) is 0.611. The first-order chi connectivity index (χ1) is 9.69. The average Bonchev–Trinajstić information content (AvgIpc) is 2.40. The number of anilines is 1. The molecule has 3 heteroatoms. The Morgan fingerprint density at radius 1 is 1.24 bits per heavy atom. The summed E-state index contributed by atoms with van der Waals surface area (Å²) in [4.78, 5) is 12.0. The first-order valence-corrected chi connectivity index (χ1v) is 7.83. The smallest absolute Gasteiger partial charge is 0.314 e. The van der Waals surface area contributed by atoms with E-state index >= 15 is 0 Å². The maximum atomic E-state index is 12.0. The fourth-order valence-electron chi connectivity index (χ4n) is 2.79. The molecule has 0 amide bonds. The zero-order valence-electron chi connectivity index (χ0n) is 14.0. The number of unbranched alkanes of at least 4 members (excludes halogenated alkanes) is 1. The summed E-state index contributed by atoms with van der Waals surface area (Å²) >= 11 is 0. The van der Waals surface area contributed by atoms with Gasteiger partial charge in [0.15, 0.2) is 0 Å². The van der Waals surface area contributed by atoms with E-state index in [0.717, 1.165) is 24.0 Å². The Morgan fingerprint density at radius 2 is 1.86 bits per heavy atom. The van der Waals surface area contributed by atoms with E-state index in [0.29, 0.717) is 18.5 Å². The van der Waals surface area contributed by atoms with Crippen LogP contribution in [0.25, 0.3) is 0 Å². The number of carboxylic acids is 1. The van der Waals surface area contributed by atoms with E-state index in [1.165, 1.54) is 0 Å². The quantitative estimate of drug-likeness (QED) is 0.759. The molecular formula is C18H29NO2. The normalized spacial score (nSPS) is 14.7. The van der Waals surface area contributed by atoms with Gasteiger partial charge in [-0.1, -0.05) is 59.6 Å². The molecule has 1 aromatic carbocycles. The molecule has 21 heavy (non-hydrogen) atoms. The predicted octanol–water partition coefficient (Wildman–Crippen LogP) is 4.49. The first-order valence-electron chi connectivity index (χ1n) is 7.83. The number of aliphatic carboxylic acids is 1. The highest BCUT2D eigenvalue weighted by Crippen LogP contribution is 2.39. The van der Waals surface area contributed by atoms with Crippen LogP contribution in [0, 0.1) is 0 Å². The van der Waals surface area contributed by atoms with Gasteiger partial charge in [-0.15, -0.1) is 0 Å². The van der Waals surface area contributed by atoms with Crippen molar-refractivity contribution in [3.63, 3.8) is 0 Å². The van der Waals surface area contributed by atoms with E-state index in [4.69, 9.17) is 5.73 Å². The third-order valence-electron chi connectivity index (χ3n) is 4.40. The van der Waals surface area contributed by atoms with Crippen molar-refractivity contribution in [3.05, 3.63) is 29.3 Å². The number of benzene rings is 1. The van der Waals surface area contributed by atoms with Gasteiger partial charge in [0.1, 0.15) is 0 Å². The van der Waals surface area contributed by atoms with Crippen molar-refractivity contribution in [2.75, 3.05) is 5.73 Å². The molecule has 0 saturated heterocycles. The van der Waals surface area contributed by atoms with Gasteiger partial charge in [-0.25, -0.2) is 0 Å². The van der Waals surface area contributed by atoms with E-state index in [-0.39, 0.29) is 5.41 Å². The van der Waals surface area contributed by atoms with Crippen molar-refractivity contribution in [2.45, 2.75) is 71.1 Å². The van der Waals surface area contributed by atoms with Crippen molar-refractivity contribution in [1.29, 1.82) is 0 Å². The van der Waals surface area contributed by atoms with Gasteiger partial charge in [0.05, 0.1) is 5.41 Å². The Bertz CT molecular complexity index is 502. The summed E-state index contributed by atoms with van der Waals surface area (Å²) in [5, 5.41) is 9.87. The standard InChI is InChI=1S/C18H29NO2/c1-6-8-11-18(7-2,16(20)21)14-12-13(17(3,4)5)9-10-15(14)19/h9-10,12H,6-8,11,19H2,1-5H3,(H,20,21). The van der Waals surface area contributed by atoms with Gasteiger partial charge in [0.2, 0.25) is 0 Å². The zero-order valence-corrected chi connectivity index (χ0v) is 14.0. The lowest BCUT2D eigenvalue weighted by Crippen LogP contribution is -2.36. The van der Waals surface area contributed by atoms with Gasteiger partial charge in [-0.05, 0) is 35.4 Å². The summed E-state index contributed by atoms with van der Waals surface area (Å²) in [5.41, 5.74) is 7.73. The lowest BCUT2D eigenvalue weighted by atomic mass is 9.72. The molecule has 1 rings (SSSR count). The molecule has 1 aromatic rings. The van der Waals surface area contributed by atoms with Crippen molar-refractivity contribution in [2.24, 2.45) is 0 Å². The lowest BCUT2D eigenvalue weighted by Gasteiger charge is -2.32. The molecule has 3 nitrogen and oxygen atoms in total. The van der Waals surface area contributed by atoms with Crippen LogP contribution < -0.4 is 5.73 Å². The summed E-state index contributed by atoms with van der Waals surface area (Å²) in [6.45, 7) is 10.4. The van der Waals surface area contributed by atoms with Crippen LogP contribution in [0.15, 0.2) is 18.2 Å². The largest absolute Gasteiger partial charge is 0.481 e. The minimum absolute atomic E-state index is 0.0226. The second kappa shape index (κ2) is 6.50. The second-order valence-corrected chi connectivity index (χ2v) is 6.90. The Hall–Kier alpha value is -1.51. The molecule has 0 aliphatic heterocycles. The van der Waals surface area contributed by atoms with Crippen molar-refractivity contribution in [3.8, 4) is 0 Å². The molecule has 0 aliphatic carbocycles. The number of nitrogens with two attached hydrogens (primary N) is 1. The highest BCUT2D eigenvalue weighted by atomic mass is 16.4. The van der Waals surface area contributed by atoms with E-state index in [1.54, 1.807) is 0 Å². The van der Waals surface area contributed by atoms with Crippen molar-refractivity contribution >= 4 is 11.7 Å². The molecule has 0 saturated carbocycles. The third-order valence-corrected chi connectivity index (χ3v) is 4.40. The number of nitrogen functional groups attached to an aromatic ring is 1. The molecule has 0 heterocycles. The summed E-state index contributed by atoms with van der Waals surface area (Å²) in [6, 6.07) is 5.86. The molecule has 0 spiro atoms. The molecule has 1 unspecified atom stereocenters. The number of carboxylic acid groups (broad SMARTS) is 1. The van der Waals surface area contributed by atoms with Crippen LogP contribution in [0.4, 0.5) is 5.69 Å². The number of hydrogen-bond donors (Lipinski definition) is 2. The first kappa shape index (κ1) is 17.5. The Morgan fingerprint density at radius 3 is 2.29 bits per heavy atom. The maximum absolute atomic E-state index is 12.0. The minimum atomic E-state index is -0.874. The van der Waals surface area contributed by atoms with Crippen LogP contribution in [0.3, 0.4) is 0 Å². The molecule has 0 bridgehead atoms. The van der Waals surface area contributed by atoms with Gasteiger partial charge in [0, 0.05) is 5.69 Å². The van der Waals surface area contributed by atoms with Crippen LogP contribution in [-0.4, -0.2) is 11.1 Å². The molecule has 0 aromatic heterocycles. The minimum Gasteiger partial charge on any atom is -0.481 e. The maximum Gasteiger partial charge on any atom is 0.314 e. The lowest BCUT2D eigenvalue weighted by molar-refractivity contribution is -0.144. The third kappa shape index (κ3) is 3.58. The SMILES string of the molecule is CCCCC(CC)(C(=O)O)c1cc(C(C)(C)C)ccc1N. The molecule has 0 aliphatic rings. The average molecular weight is 291 g/mol. The van der Waals surface area contributed by atoms with Crippen LogP contribution in [0.5, 0.6) is 0 Å². The van der Waals surface area contributed by atoms with E-state index in [1.807, 2.05) is 25.1 Å². The van der Waals surface area contributed by atoms with E-state index in [9.17, 15) is 9.90 Å². The van der Waals surface area contributed by atoms with E-state index in [2.05, 4.69) is 27.7 Å². The van der Waals surface area contributed by atoms with Gasteiger partial charge < -0.3 is 10.8 Å². The van der Waals surface area contributed by atoms with Crippen LogP contribution >= 0.6 is 0 Å². The van der Waals surface area contributed by atoms with Gasteiger partial charge >= 0.3 is 5.97 Å². The van der Waals surface area contributed by atoms with Crippen LogP contribution in [0.1, 0.15) is 71.4 Å². The van der Waals surface area contributed by atoms with E-state index < -0.39 is 11.4 Å². The molecule has 0 radical (unpaired) electrons. The van der Waals surface area contributed by atoms with Crippen molar-refractivity contribution < 1.29 is 9.90 Å². The number of hydrogen-bond acceptors (Lipinski definition) is 2. The molecular weight excluding hydrogens is 262 g/mol. The Kier molecular flexibility index (Phi) is 5.43. The summed E-state index contributed by atoms with van der Waals surface area (Å²) in [5.74, 6) is -0.767. The highest BCUT2D eigenvalue weighted by Gasteiger charge is 2.40. The number of carbonyl (C=O) groups is 1. The molecule has 118 valence electrons. The van der Waals surface area contributed by atoms with Gasteiger partial charge in [-0.3, -0.25) is 4.79 Å². The monoisotopic (exact) mass is 291 g/mol. The van der Waals surface area contributed by atoms with Gasteiger partial charge in [0.25, 0.3) is 0 Å². The molecule has 0 fully saturated rings. The summed E-state index contributed by atoms with van der Waals surface area (Å²) < 4.78 is 0. The number of rotatable bonds is 6. The molecule has 3 N–H and O–H groups in total. The predicted molar refractivity (Wildman–Crippen MR) is 88.7 cm³/mol. The fourth-order valence-corrected chi connectivity index (χ4v) is 2.79. The summed E-state index contributed by atoms with van der Waals surface area (Å²) in [6.07, 6.45) is 3.06. The molecule has 1 atom stereocenters. The summed E-state index contributed by atoms with van der Waals surface area (Å²) in [7, 11) is 0. The Balaban J connectivity index is 3.46. The zero-order chi connectivity index (χ0) is 16.3. The van der Waals surface area contributed by atoms with Crippen LogP contribution in [-0.2, 0) is 15.6 Å². The highest BCUT2D eigenvalue weighted by molar-refractivity contribution is 5.83. The second-order valence-electron chi connectivity index (χ2n) is 6.90.